The zero-order chi connectivity index (χ0) is 9.80. The number of hydrogen-bond acceptors (Lipinski definition) is 2. The van der Waals surface area contributed by atoms with E-state index in [2.05, 4.69) is 11.4 Å². The Bertz CT molecular complexity index is 307. The van der Waals surface area contributed by atoms with E-state index in [1.54, 1.807) is 0 Å². The predicted molar refractivity (Wildman–Crippen MR) is 58.2 cm³/mol. The third kappa shape index (κ3) is 2.15. The summed E-state index contributed by atoms with van der Waals surface area (Å²) in [6.45, 7) is 0. The van der Waals surface area contributed by atoms with E-state index in [1.165, 1.54) is 0 Å². The minimum absolute atomic E-state index is 0.155. The Balaban J connectivity index is 2.00. The highest BCUT2D eigenvalue weighted by atomic mass is 16.3. The van der Waals surface area contributed by atoms with Crippen molar-refractivity contribution < 1.29 is 5.11 Å². The van der Waals surface area contributed by atoms with Crippen molar-refractivity contribution in [2.45, 2.75) is 25.0 Å². The van der Waals surface area contributed by atoms with Crippen LogP contribution in [0.5, 0.6) is 0 Å². The Morgan fingerprint density at radius 3 is 2.50 bits per heavy atom. The first kappa shape index (κ1) is 9.28. The third-order valence-electron chi connectivity index (χ3n) is 2.52. The van der Waals surface area contributed by atoms with Crippen LogP contribution in [0.2, 0.25) is 0 Å². The van der Waals surface area contributed by atoms with Gasteiger partial charge < -0.3 is 10.4 Å². The van der Waals surface area contributed by atoms with Crippen molar-refractivity contribution >= 4 is 5.69 Å². The van der Waals surface area contributed by atoms with E-state index in [0.29, 0.717) is 0 Å². The second-order valence-electron chi connectivity index (χ2n) is 3.63. The average molecular weight is 189 g/mol. The van der Waals surface area contributed by atoms with Gasteiger partial charge in [-0.1, -0.05) is 30.4 Å². The second kappa shape index (κ2) is 4.29. The van der Waals surface area contributed by atoms with Gasteiger partial charge in [-0.3, -0.25) is 0 Å². The van der Waals surface area contributed by atoms with Crippen LogP contribution in [0.3, 0.4) is 0 Å². The molecule has 2 N–H and O–H groups in total. The van der Waals surface area contributed by atoms with Gasteiger partial charge in [-0.25, -0.2) is 0 Å². The van der Waals surface area contributed by atoms with Crippen LogP contribution in [-0.4, -0.2) is 17.3 Å². The molecule has 2 atom stereocenters. The first-order valence-corrected chi connectivity index (χ1v) is 5.01. The van der Waals surface area contributed by atoms with E-state index in [0.717, 1.165) is 18.5 Å². The van der Waals surface area contributed by atoms with Gasteiger partial charge >= 0.3 is 0 Å². The number of hydrogen-bond donors (Lipinski definition) is 2. The second-order valence-corrected chi connectivity index (χ2v) is 3.63. The molecule has 0 fully saturated rings. The smallest absolute Gasteiger partial charge is 0.0778 e. The molecule has 74 valence electrons. The van der Waals surface area contributed by atoms with Gasteiger partial charge in [0.25, 0.3) is 0 Å². The Labute approximate surface area is 84.3 Å². The van der Waals surface area contributed by atoms with E-state index in [1.807, 2.05) is 36.4 Å². The molecule has 0 unspecified atom stereocenters. The average Bonchev–Trinajstić information content (AvgIpc) is 2.23. The molecule has 0 bridgehead atoms. The summed E-state index contributed by atoms with van der Waals surface area (Å²) in [5.41, 5.74) is 1.08. The Kier molecular flexibility index (Phi) is 2.84. The van der Waals surface area contributed by atoms with Gasteiger partial charge in [0.2, 0.25) is 0 Å². The van der Waals surface area contributed by atoms with E-state index in [4.69, 9.17) is 0 Å². The van der Waals surface area contributed by atoms with Gasteiger partial charge in [-0.15, -0.1) is 0 Å². The lowest BCUT2D eigenvalue weighted by Gasteiger charge is -2.26. The Hall–Kier alpha value is -1.28. The molecule has 1 aromatic rings. The summed E-state index contributed by atoms with van der Waals surface area (Å²) in [6, 6.07) is 10.2. The number of aliphatic hydroxyl groups excluding tert-OH is 1. The fraction of sp³-hybridized carbons (Fsp3) is 0.333. The Morgan fingerprint density at radius 2 is 1.79 bits per heavy atom. The van der Waals surface area contributed by atoms with Gasteiger partial charge in [0.1, 0.15) is 0 Å². The van der Waals surface area contributed by atoms with Crippen LogP contribution in [0.1, 0.15) is 12.8 Å². The number of aliphatic hydroxyl groups is 1. The maximum Gasteiger partial charge on any atom is 0.0778 e. The minimum atomic E-state index is -0.264. The summed E-state index contributed by atoms with van der Waals surface area (Å²) in [4.78, 5) is 0. The van der Waals surface area contributed by atoms with Crippen molar-refractivity contribution in [2.24, 2.45) is 0 Å². The molecule has 1 aliphatic rings. The van der Waals surface area contributed by atoms with Crippen LogP contribution in [0.25, 0.3) is 0 Å². The topological polar surface area (TPSA) is 32.3 Å². The van der Waals surface area contributed by atoms with E-state index < -0.39 is 0 Å². The molecular formula is C12H15NO. The standard InChI is InChI=1S/C12H15NO/c14-12-9-5-4-8-11(12)13-10-6-2-1-3-7-10/h1-7,11-14H,8-9H2/t11-,12-/m1/s1. The molecule has 0 saturated heterocycles. The van der Waals surface area contributed by atoms with Crippen molar-refractivity contribution in [1.29, 1.82) is 0 Å². The molecular weight excluding hydrogens is 174 g/mol. The third-order valence-corrected chi connectivity index (χ3v) is 2.52. The molecule has 2 rings (SSSR count). The number of rotatable bonds is 2. The van der Waals surface area contributed by atoms with E-state index in [9.17, 15) is 5.11 Å². The summed E-state index contributed by atoms with van der Waals surface area (Å²) < 4.78 is 0. The molecule has 2 nitrogen and oxygen atoms in total. The van der Waals surface area contributed by atoms with Crippen LogP contribution in [-0.2, 0) is 0 Å². The first-order valence-electron chi connectivity index (χ1n) is 5.01. The van der Waals surface area contributed by atoms with Crippen LogP contribution in [0.4, 0.5) is 5.69 Å². The summed E-state index contributed by atoms with van der Waals surface area (Å²) in [7, 11) is 0. The molecule has 0 spiro atoms. The highest BCUT2D eigenvalue weighted by Gasteiger charge is 2.19. The quantitative estimate of drug-likeness (QED) is 0.699. The molecule has 0 saturated carbocycles. The van der Waals surface area contributed by atoms with Gasteiger partial charge in [0, 0.05) is 5.69 Å². The van der Waals surface area contributed by atoms with Crippen molar-refractivity contribution in [3.63, 3.8) is 0 Å². The summed E-state index contributed by atoms with van der Waals surface area (Å²) in [5.74, 6) is 0. The van der Waals surface area contributed by atoms with Gasteiger partial charge in [-0.2, -0.15) is 0 Å². The zero-order valence-corrected chi connectivity index (χ0v) is 8.06. The Morgan fingerprint density at radius 1 is 1.07 bits per heavy atom. The molecule has 0 radical (unpaired) electrons. The molecule has 1 aromatic carbocycles. The number of benzene rings is 1. The summed E-state index contributed by atoms with van der Waals surface area (Å²) in [6.07, 6.45) is 5.54. The van der Waals surface area contributed by atoms with Crippen LogP contribution >= 0.6 is 0 Å². The lowest BCUT2D eigenvalue weighted by Crippen LogP contribution is -2.34. The molecule has 2 heteroatoms. The van der Waals surface area contributed by atoms with Crippen molar-refractivity contribution in [1.82, 2.24) is 0 Å². The lowest BCUT2D eigenvalue weighted by atomic mass is 9.98. The summed E-state index contributed by atoms with van der Waals surface area (Å²) >= 11 is 0. The number of nitrogens with one attached hydrogen (secondary N) is 1. The zero-order valence-electron chi connectivity index (χ0n) is 8.06. The molecule has 0 aliphatic heterocycles. The maximum absolute atomic E-state index is 9.72. The fourth-order valence-electron chi connectivity index (χ4n) is 1.70. The largest absolute Gasteiger partial charge is 0.391 e. The van der Waals surface area contributed by atoms with E-state index in [-0.39, 0.29) is 12.1 Å². The molecule has 0 amide bonds. The highest BCUT2D eigenvalue weighted by molar-refractivity contribution is 5.44. The number of anilines is 1. The normalized spacial score (nSPS) is 26.1. The molecule has 1 aliphatic carbocycles. The van der Waals surface area contributed by atoms with Gasteiger partial charge in [-0.05, 0) is 25.0 Å². The first-order chi connectivity index (χ1) is 6.86. The molecule has 14 heavy (non-hydrogen) atoms. The van der Waals surface area contributed by atoms with Crippen LogP contribution in [0.15, 0.2) is 42.5 Å². The summed E-state index contributed by atoms with van der Waals surface area (Å²) in [5, 5.41) is 13.0. The van der Waals surface area contributed by atoms with Gasteiger partial charge in [0.15, 0.2) is 0 Å². The predicted octanol–water partition coefficient (Wildman–Crippen LogP) is 2.18. The lowest BCUT2D eigenvalue weighted by molar-refractivity contribution is 0.151. The number of para-hydroxylation sites is 1. The van der Waals surface area contributed by atoms with Crippen molar-refractivity contribution in [3.8, 4) is 0 Å². The van der Waals surface area contributed by atoms with E-state index >= 15 is 0 Å². The van der Waals surface area contributed by atoms with Crippen LogP contribution < -0.4 is 5.32 Å². The SMILES string of the molecule is O[C@@H]1CC=CC[C@H]1Nc1ccccc1. The molecule has 0 heterocycles. The fourth-order valence-corrected chi connectivity index (χ4v) is 1.70. The molecule has 0 aromatic heterocycles. The van der Waals surface area contributed by atoms with Gasteiger partial charge in [0.05, 0.1) is 12.1 Å². The van der Waals surface area contributed by atoms with Crippen molar-refractivity contribution in [2.75, 3.05) is 5.32 Å². The highest BCUT2D eigenvalue weighted by Crippen LogP contribution is 2.17. The minimum Gasteiger partial charge on any atom is -0.391 e. The van der Waals surface area contributed by atoms with Crippen molar-refractivity contribution in [3.05, 3.63) is 42.5 Å². The maximum atomic E-state index is 9.72. The monoisotopic (exact) mass is 189 g/mol. The van der Waals surface area contributed by atoms with Crippen LogP contribution in [0, 0.1) is 0 Å².